The quantitative estimate of drug-likeness (QED) is 0.576. The third-order valence-corrected chi connectivity index (χ3v) is 3.68. The van der Waals surface area contributed by atoms with E-state index in [1.54, 1.807) is 24.3 Å². The number of benzene rings is 2. The van der Waals surface area contributed by atoms with Crippen LogP contribution in [0.5, 0.6) is 0 Å². The second-order valence-electron chi connectivity index (χ2n) is 3.94. The smallest absolute Gasteiger partial charge is 0.168 e. The van der Waals surface area contributed by atoms with Crippen molar-refractivity contribution >= 4 is 33.3 Å². The number of carbonyl (C=O) groups excluding carboxylic acids is 1. The Morgan fingerprint density at radius 3 is 2.47 bits per heavy atom. The van der Waals surface area contributed by atoms with Crippen molar-refractivity contribution in [1.29, 1.82) is 0 Å². The summed E-state index contributed by atoms with van der Waals surface area (Å²) in [6.07, 6.45) is -0.0541. The first-order valence-electron chi connectivity index (χ1n) is 5.40. The summed E-state index contributed by atoms with van der Waals surface area (Å²) < 4.78 is 26.5. The molecule has 0 amide bonds. The lowest BCUT2D eigenvalue weighted by Crippen LogP contribution is -2.05. The fourth-order valence-corrected chi connectivity index (χ4v) is 2.35. The van der Waals surface area contributed by atoms with Gasteiger partial charge in [0.1, 0.15) is 0 Å². The predicted molar refractivity (Wildman–Crippen MR) is 73.5 cm³/mol. The summed E-state index contributed by atoms with van der Waals surface area (Å²) in [4.78, 5) is 12.1. The molecule has 0 bridgehead atoms. The van der Waals surface area contributed by atoms with Gasteiger partial charge in [0.2, 0.25) is 0 Å². The zero-order valence-electron chi connectivity index (χ0n) is 9.59. The first kappa shape index (κ1) is 14.2. The van der Waals surface area contributed by atoms with Crippen LogP contribution in [0.1, 0.15) is 15.9 Å². The van der Waals surface area contributed by atoms with Crippen molar-refractivity contribution in [2.24, 2.45) is 0 Å². The molecule has 2 aromatic rings. The highest BCUT2D eigenvalue weighted by atomic mass is 79.9. The van der Waals surface area contributed by atoms with Gasteiger partial charge in [-0.15, -0.1) is 0 Å². The minimum atomic E-state index is -0.981. The fraction of sp³-hybridized carbons (Fsp3) is 0.0714. The van der Waals surface area contributed by atoms with Gasteiger partial charge in [0.25, 0.3) is 0 Å². The van der Waals surface area contributed by atoms with E-state index in [1.807, 2.05) is 0 Å². The molecule has 2 aromatic carbocycles. The van der Waals surface area contributed by atoms with Gasteiger partial charge in [0, 0.05) is 16.5 Å². The highest BCUT2D eigenvalue weighted by Gasteiger charge is 2.14. The van der Waals surface area contributed by atoms with E-state index in [1.165, 1.54) is 0 Å². The number of carbonyl (C=O) groups is 1. The maximum Gasteiger partial charge on any atom is 0.168 e. The zero-order chi connectivity index (χ0) is 14.0. The van der Waals surface area contributed by atoms with Crippen molar-refractivity contribution in [1.82, 2.24) is 0 Å². The molecule has 1 nitrogen and oxygen atoms in total. The van der Waals surface area contributed by atoms with Gasteiger partial charge in [-0.3, -0.25) is 4.79 Å². The minimum Gasteiger partial charge on any atom is -0.294 e. The van der Waals surface area contributed by atoms with Gasteiger partial charge < -0.3 is 0 Å². The molecule has 0 N–H and O–H groups in total. The molecule has 0 heterocycles. The topological polar surface area (TPSA) is 17.1 Å². The highest BCUT2D eigenvalue weighted by molar-refractivity contribution is 9.10. The average Bonchev–Trinajstić information content (AvgIpc) is 2.36. The van der Waals surface area contributed by atoms with Crippen molar-refractivity contribution in [3.63, 3.8) is 0 Å². The van der Waals surface area contributed by atoms with Gasteiger partial charge >= 0.3 is 0 Å². The molecule has 0 aliphatic rings. The Bertz CT molecular complexity index is 643. The van der Waals surface area contributed by atoms with Crippen LogP contribution in [0.3, 0.4) is 0 Å². The second kappa shape index (κ2) is 5.80. The molecule has 2 rings (SSSR count). The molecule has 0 fully saturated rings. The summed E-state index contributed by atoms with van der Waals surface area (Å²) in [5.41, 5.74) is 0.740. The third-order valence-electron chi connectivity index (χ3n) is 2.61. The normalized spacial score (nSPS) is 10.5. The Morgan fingerprint density at radius 1 is 1.16 bits per heavy atom. The molecule has 0 radical (unpaired) electrons. The molecular weight excluding hydrogens is 338 g/mol. The molecule has 0 atom stereocenters. The highest BCUT2D eigenvalue weighted by Crippen LogP contribution is 2.24. The van der Waals surface area contributed by atoms with Crippen molar-refractivity contribution in [2.75, 3.05) is 0 Å². The van der Waals surface area contributed by atoms with Crippen LogP contribution in [-0.2, 0) is 6.42 Å². The summed E-state index contributed by atoms with van der Waals surface area (Å²) in [5, 5.41) is 0.339. The van der Waals surface area contributed by atoms with E-state index in [4.69, 9.17) is 11.6 Å². The molecule has 0 aliphatic heterocycles. The number of ketones is 1. The standard InChI is InChI=1S/C14H8BrClF2O/c15-10-7-13(18)12(17)5-8(10)6-14(19)9-3-1-2-4-11(9)16/h1-5,7H,6H2. The molecule has 0 aliphatic carbocycles. The van der Waals surface area contributed by atoms with Gasteiger partial charge in [-0.25, -0.2) is 8.78 Å². The Hall–Kier alpha value is -1.26. The van der Waals surface area contributed by atoms with Gasteiger partial charge in [0.15, 0.2) is 17.4 Å². The first-order valence-corrected chi connectivity index (χ1v) is 6.57. The number of halogens is 4. The first-order chi connectivity index (χ1) is 8.99. The van der Waals surface area contributed by atoms with Gasteiger partial charge in [0.05, 0.1) is 5.02 Å². The number of Topliss-reactive ketones (excluding diaryl/α,β-unsaturated/α-hetero) is 1. The molecule has 0 aromatic heterocycles. The fourth-order valence-electron chi connectivity index (χ4n) is 1.65. The van der Waals surface area contributed by atoms with Crippen LogP contribution in [0.25, 0.3) is 0 Å². The number of rotatable bonds is 3. The molecule has 0 saturated heterocycles. The summed E-state index contributed by atoms with van der Waals surface area (Å²) >= 11 is 9.02. The van der Waals surface area contributed by atoms with E-state index >= 15 is 0 Å². The summed E-state index contributed by atoms with van der Waals surface area (Å²) in [5.74, 6) is -2.19. The average molecular weight is 346 g/mol. The lowest BCUT2D eigenvalue weighted by atomic mass is 10.0. The van der Waals surface area contributed by atoms with Crippen LogP contribution in [-0.4, -0.2) is 5.78 Å². The van der Waals surface area contributed by atoms with Crippen molar-refractivity contribution in [3.8, 4) is 0 Å². The lowest BCUT2D eigenvalue weighted by molar-refractivity contribution is 0.0993. The van der Waals surface area contributed by atoms with E-state index in [9.17, 15) is 13.6 Å². The van der Waals surface area contributed by atoms with Crippen LogP contribution in [0.15, 0.2) is 40.9 Å². The second-order valence-corrected chi connectivity index (χ2v) is 5.20. The Morgan fingerprint density at radius 2 is 1.79 bits per heavy atom. The molecule has 0 spiro atoms. The maximum absolute atomic E-state index is 13.2. The third kappa shape index (κ3) is 3.19. The zero-order valence-corrected chi connectivity index (χ0v) is 11.9. The van der Waals surface area contributed by atoms with Crippen LogP contribution < -0.4 is 0 Å². The minimum absolute atomic E-state index is 0.0541. The Labute approximate surface area is 122 Å². The van der Waals surface area contributed by atoms with Crippen LogP contribution in [0, 0.1) is 11.6 Å². The summed E-state index contributed by atoms with van der Waals surface area (Å²) in [6, 6.07) is 8.62. The van der Waals surface area contributed by atoms with E-state index in [0.29, 0.717) is 20.6 Å². The maximum atomic E-state index is 13.2. The molecule has 98 valence electrons. The molecule has 19 heavy (non-hydrogen) atoms. The SMILES string of the molecule is O=C(Cc1cc(F)c(F)cc1Br)c1ccccc1Cl. The van der Waals surface area contributed by atoms with Crippen molar-refractivity contribution in [3.05, 3.63) is 68.7 Å². The van der Waals surface area contributed by atoms with Gasteiger partial charge in [-0.2, -0.15) is 0 Å². The summed E-state index contributed by atoms with van der Waals surface area (Å²) in [7, 11) is 0. The molecule has 5 heteroatoms. The van der Waals surface area contributed by atoms with Crippen LogP contribution in [0.2, 0.25) is 5.02 Å². The van der Waals surface area contributed by atoms with Crippen molar-refractivity contribution < 1.29 is 13.6 Å². The number of hydrogen-bond acceptors (Lipinski definition) is 1. The van der Waals surface area contributed by atoms with Gasteiger partial charge in [-0.1, -0.05) is 39.7 Å². The van der Waals surface area contributed by atoms with E-state index < -0.39 is 11.6 Å². The van der Waals surface area contributed by atoms with Crippen LogP contribution >= 0.6 is 27.5 Å². The molecule has 0 unspecified atom stereocenters. The monoisotopic (exact) mass is 344 g/mol. The Balaban J connectivity index is 2.30. The van der Waals surface area contributed by atoms with E-state index in [0.717, 1.165) is 12.1 Å². The lowest BCUT2D eigenvalue weighted by Gasteiger charge is -2.06. The molecule has 0 saturated carbocycles. The van der Waals surface area contributed by atoms with E-state index in [-0.39, 0.29) is 12.2 Å². The summed E-state index contributed by atoms with van der Waals surface area (Å²) in [6.45, 7) is 0. The molecular formula is C14H8BrClF2O. The van der Waals surface area contributed by atoms with E-state index in [2.05, 4.69) is 15.9 Å². The van der Waals surface area contributed by atoms with Crippen molar-refractivity contribution in [2.45, 2.75) is 6.42 Å². The Kier molecular flexibility index (Phi) is 4.32. The van der Waals surface area contributed by atoms with Gasteiger partial charge in [-0.05, 0) is 29.8 Å². The largest absolute Gasteiger partial charge is 0.294 e. The van der Waals surface area contributed by atoms with Crippen LogP contribution in [0.4, 0.5) is 8.78 Å². The number of hydrogen-bond donors (Lipinski definition) is 0. The predicted octanol–water partition coefficient (Wildman–Crippen LogP) is 4.81.